The standard InChI is InChI=1S/C14H19NO3S/c1-2-19(16,17)12-6-11-18-14-9-4-3-7-13(14)8-5-10-15/h3-4,7,9H,2,6,10-12,15H2,1H3. The predicted octanol–water partition coefficient (Wildman–Crippen LogP) is 1.20. The van der Waals surface area contributed by atoms with Gasteiger partial charge in [0.1, 0.15) is 15.6 Å². The minimum absolute atomic E-state index is 0.153. The van der Waals surface area contributed by atoms with Crippen LogP contribution in [0.1, 0.15) is 18.9 Å². The average Bonchev–Trinajstić information content (AvgIpc) is 2.42. The molecule has 0 aromatic heterocycles. The van der Waals surface area contributed by atoms with Crippen LogP contribution >= 0.6 is 0 Å². The Morgan fingerprint density at radius 1 is 1.32 bits per heavy atom. The number of nitrogens with two attached hydrogens (primary N) is 1. The molecule has 5 heteroatoms. The van der Waals surface area contributed by atoms with E-state index >= 15 is 0 Å². The summed E-state index contributed by atoms with van der Waals surface area (Å²) < 4.78 is 28.2. The number of rotatable bonds is 6. The lowest BCUT2D eigenvalue weighted by molar-refractivity contribution is 0.317. The first-order valence-corrected chi connectivity index (χ1v) is 8.02. The molecular formula is C14H19NO3S. The lowest BCUT2D eigenvalue weighted by atomic mass is 10.2. The summed E-state index contributed by atoms with van der Waals surface area (Å²) in [6.07, 6.45) is 0.481. The molecule has 0 aliphatic heterocycles. The van der Waals surface area contributed by atoms with Gasteiger partial charge in [-0.25, -0.2) is 8.42 Å². The zero-order chi connectivity index (χ0) is 14.1. The van der Waals surface area contributed by atoms with Crippen molar-refractivity contribution in [2.45, 2.75) is 13.3 Å². The van der Waals surface area contributed by atoms with E-state index in [2.05, 4.69) is 11.8 Å². The van der Waals surface area contributed by atoms with Gasteiger partial charge < -0.3 is 10.5 Å². The van der Waals surface area contributed by atoms with Crippen LogP contribution in [-0.4, -0.2) is 33.1 Å². The van der Waals surface area contributed by atoms with E-state index in [0.29, 0.717) is 25.3 Å². The van der Waals surface area contributed by atoms with E-state index in [0.717, 1.165) is 5.56 Å². The third-order valence-corrected chi connectivity index (χ3v) is 4.30. The number of ether oxygens (including phenoxy) is 1. The van der Waals surface area contributed by atoms with Crippen LogP contribution in [-0.2, 0) is 9.84 Å². The Hall–Kier alpha value is -1.51. The third-order valence-electron chi connectivity index (χ3n) is 2.51. The number of hydrogen-bond acceptors (Lipinski definition) is 4. The second-order valence-corrected chi connectivity index (χ2v) is 6.41. The smallest absolute Gasteiger partial charge is 0.150 e. The van der Waals surface area contributed by atoms with E-state index in [1.165, 1.54) is 0 Å². The van der Waals surface area contributed by atoms with E-state index in [1.807, 2.05) is 24.3 Å². The first kappa shape index (κ1) is 15.5. The summed E-state index contributed by atoms with van der Waals surface area (Å²) in [4.78, 5) is 0. The van der Waals surface area contributed by atoms with E-state index in [1.54, 1.807) is 6.92 Å². The third kappa shape index (κ3) is 5.77. The highest BCUT2D eigenvalue weighted by Crippen LogP contribution is 2.16. The molecule has 0 bridgehead atoms. The van der Waals surface area contributed by atoms with Crippen molar-refractivity contribution in [1.29, 1.82) is 0 Å². The fraction of sp³-hybridized carbons (Fsp3) is 0.429. The summed E-state index contributed by atoms with van der Waals surface area (Å²) in [5, 5.41) is 0. The van der Waals surface area contributed by atoms with Gasteiger partial charge in [-0.3, -0.25) is 0 Å². The average molecular weight is 281 g/mol. The molecule has 1 aromatic carbocycles. The summed E-state index contributed by atoms with van der Waals surface area (Å²) in [6.45, 7) is 2.30. The molecule has 0 saturated heterocycles. The Kier molecular flexibility index (Phi) is 6.40. The maximum atomic E-state index is 11.3. The van der Waals surface area contributed by atoms with E-state index in [-0.39, 0.29) is 11.5 Å². The number of para-hydroxylation sites is 1. The van der Waals surface area contributed by atoms with Crippen LogP contribution in [0.3, 0.4) is 0 Å². The van der Waals surface area contributed by atoms with Crippen molar-refractivity contribution in [3.05, 3.63) is 29.8 Å². The zero-order valence-electron chi connectivity index (χ0n) is 11.1. The fourth-order valence-electron chi connectivity index (χ4n) is 1.45. The van der Waals surface area contributed by atoms with E-state index < -0.39 is 9.84 Å². The second kappa shape index (κ2) is 7.82. The first-order valence-electron chi connectivity index (χ1n) is 6.20. The molecule has 0 spiro atoms. The first-order chi connectivity index (χ1) is 9.09. The molecule has 104 valence electrons. The van der Waals surface area contributed by atoms with Gasteiger partial charge in [-0.1, -0.05) is 30.9 Å². The van der Waals surface area contributed by atoms with Crippen molar-refractivity contribution in [3.8, 4) is 17.6 Å². The number of hydrogen-bond donors (Lipinski definition) is 1. The van der Waals surface area contributed by atoms with Gasteiger partial charge in [0.05, 0.1) is 24.5 Å². The molecular weight excluding hydrogens is 262 g/mol. The monoisotopic (exact) mass is 281 g/mol. The molecule has 0 aliphatic rings. The molecule has 0 saturated carbocycles. The van der Waals surface area contributed by atoms with Gasteiger partial charge in [0, 0.05) is 5.75 Å². The summed E-state index contributed by atoms with van der Waals surface area (Å²) in [5.74, 6) is 6.68. The quantitative estimate of drug-likeness (QED) is 0.628. The molecule has 1 rings (SSSR count). The normalized spacial score (nSPS) is 10.6. The molecule has 0 atom stereocenters. The Morgan fingerprint density at radius 2 is 2.05 bits per heavy atom. The van der Waals surface area contributed by atoms with Gasteiger partial charge in [0.15, 0.2) is 0 Å². The van der Waals surface area contributed by atoms with Gasteiger partial charge >= 0.3 is 0 Å². The fourth-order valence-corrected chi connectivity index (χ4v) is 2.29. The largest absolute Gasteiger partial charge is 0.492 e. The van der Waals surface area contributed by atoms with Crippen LogP contribution in [0, 0.1) is 11.8 Å². The highest BCUT2D eigenvalue weighted by Gasteiger charge is 2.07. The molecule has 0 aliphatic carbocycles. The van der Waals surface area contributed by atoms with Crippen molar-refractivity contribution in [2.75, 3.05) is 24.7 Å². The van der Waals surface area contributed by atoms with Crippen molar-refractivity contribution in [1.82, 2.24) is 0 Å². The molecule has 2 N–H and O–H groups in total. The molecule has 0 heterocycles. The summed E-state index contributed by atoms with van der Waals surface area (Å²) in [7, 11) is -2.92. The van der Waals surface area contributed by atoms with Gasteiger partial charge in [-0.2, -0.15) is 0 Å². The minimum atomic E-state index is -2.92. The molecule has 1 aromatic rings. The maximum Gasteiger partial charge on any atom is 0.150 e. The highest BCUT2D eigenvalue weighted by molar-refractivity contribution is 7.91. The SMILES string of the molecule is CCS(=O)(=O)CCCOc1ccccc1C#CCN. The van der Waals surface area contributed by atoms with Gasteiger partial charge in [-0.15, -0.1) is 0 Å². The van der Waals surface area contributed by atoms with Crippen LogP contribution in [0.15, 0.2) is 24.3 Å². The summed E-state index contributed by atoms with van der Waals surface area (Å²) in [6, 6.07) is 7.39. The zero-order valence-corrected chi connectivity index (χ0v) is 11.9. The Balaban J connectivity index is 2.54. The molecule has 4 nitrogen and oxygen atoms in total. The van der Waals surface area contributed by atoms with Gasteiger partial charge in [-0.05, 0) is 18.6 Å². The van der Waals surface area contributed by atoms with Crippen molar-refractivity contribution >= 4 is 9.84 Å². The summed E-state index contributed by atoms with van der Waals surface area (Å²) >= 11 is 0. The Bertz CT molecular complexity index is 556. The second-order valence-electron chi connectivity index (χ2n) is 3.94. The number of sulfone groups is 1. The van der Waals surface area contributed by atoms with Crippen LogP contribution in [0.4, 0.5) is 0 Å². The van der Waals surface area contributed by atoms with Crippen LogP contribution in [0.25, 0.3) is 0 Å². The van der Waals surface area contributed by atoms with Crippen LogP contribution < -0.4 is 10.5 Å². The molecule has 0 amide bonds. The van der Waals surface area contributed by atoms with Crippen LogP contribution in [0.2, 0.25) is 0 Å². The summed E-state index contributed by atoms with van der Waals surface area (Å²) in [5.41, 5.74) is 6.10. The van der Waals surface area contributed by atoms with Gasteiger partial charge in [0.2, 0.25) is 0 Å². The minimum Gasteiger partial charge on any atom is -0.492 e. The topological polar surface area (TPSA) is 69.4 Å². The molecule has 19 heavy (non-hydrogen) atoms. The van der Waals surface area contributed by atoms with Crippen LogP contribution in [0.5, 0.6) is 5.75 Å². The van der Waals surface area contributed by atoms with Crippen molar-refractivity contribution in [3.63, 3.8) is 0 Å². The van der Waals surface area contributed by atoms with Crippen molar-refractivity contribution < 1.29 is 13.2 Å². The highest BCUT2D eigenvalue weighted by atomic mass is 32.2. The number of benzene rings is 1. The maximum absolute atomic E-state index is 11.3. The van der Waals surface area contributed by atoms with E-state index in [4.69, 9.17) is 10.5 Å². The predicted molar refractivity (Wildman–Crippen MR) is 76.8 cm³/mol. The molecule has 0 unspecified atom stereocenters. The van der Waals surface area contributed by atoms with Gasteiger partial charge in [0.25, 0.3) is 0 Å². The lowest BCUT2D eigenvalue weighted by Crippen LogP contribution is -2.12. The lowest BCUT2D eigenvalue weighted by Gasteiger charge is -2.08. The molecule has 0 radical (unpaired) electrons. The molecule has 0 fully saturated rings. The Labute approximate surface area is 114 Å². The Morgan fingerprint density at radius 3 is 2.74 bits per heavy atom. The van der Waals surface area contributed by atoms with Crippen molar-refractivity contribution in [2.24, 2.45) is 5.73 Å². The van der Waals surface area contributed by atoms with E-state index in [9.17, 15) is 8.42 Å².